The molecule has 174 valence electrons. The van der Waals surface area contributed by atoms with Crippen LogP contribution < -0.4 is 5.32 Å². The van der Waals surface area contributed by atoms with Crippen molar-refractivity contribution in [3.05, 3.63) is 29.8 Å². The number of carboxylic acid groups (broad SMARTS) is 1. The van der Waals surface area contributed by atoms with Crippen molar-refractivity contribution in [2.75, 3.05) is 5.32 Å². The minimum Gasteiger partial charge on any atom is -0.506 e. The number of allylic oxidation sites excluding steroid dienone is 1. The lowest BCUT2D eigenvalue weighted by Gasteiger charge is -2.63. The fourth-order valence-electron chi connectivity index (χ4n) is 8.17. The first kappa shape index (κ1) is 20.7. The van der Waals surface area contributed by atoms with Crippen LogP contribution in [0.3, 0.4) is 0 Å². The second-order valence-corrected chi connectivity index (χ2v) is 10.8. The van der Waals surface area contributed by atoms with E-state index in [9.17, 15) is 29.7 Å². The zero-order valence-corrected chi connectivity index (χ0v) is 18.2. The van der Waals surface area contributed by atoms with Crippen LogP contribution in [0.5, 0.6) is 11.5 Å². The van der Waals surface area contributed by atoms with Gasteiger partial charge in [0.25, 0.3) is 0 Å². The molecule has 1 heterocycles. The van der Waals surface area contributed by atoms with Crippen LogP contribution in [0.25, 0.3) is 0 Å². The van der Waals surface area contributed by atoms with E-state index < -0.39 is 57.1 Å². The number of ketones is 1. The van der Waals surface area contributed by atoms with E-state index in [-0.39, 0.29) is 35.6 Å². The topological polar surface area (TPSA) is 153 Å². The van der Waals surface area contributed by atoms with E-state index in [2.05, 4.69) is 5.32 Å². The Morgan fingerprint density at radius 1 is 1.21 bits per heavy atom. The van der Waals surface area contributed by atoms with Crippen LogP contribution in [-0.2, 0) is 14.3 Å². The molecule has 2 bridgehead atoms. The molecule has 1 aliphatic heterocycles. The van der Waals surface area contributed by atoms with Gasteiger partial charge in [-0.05, 0) is 44.4 Å². The van der Waals surface area contributed by atoms with E-state index in [4.69, 9.17) is 9.84 Å². The molecular weight excluding hydrogens is 430 g/mol. The summed E-state index contributed by atoms with van der Waals surface area (Å²) in [5, 5.41) is 42.9. The minimum absolute atomic E-state index is 0.102. The van der Waals surface area contributed by atoms with Gasteiger partial charge in [-0.1, -0.05) is 13.0 Å². The van der Waals surface area contributed by atoms with Gasteiger partial charge in [0.1, 0.15) is 22.6 Å². The molecule has 2 spiro atoms. The summed E-state index contributed by atoms with van der Waals surface area (Å²) in [6.45, 7) is 3.78. The SMILES string of the molecule is C[C@@]12O[C@@]34C[C@@]13C[C@@]1(C=CC(=O)[C@@](C)(CCC(=O)Nc3c(O)ccc(C(=O)O)c3O)[C@H]14)[C@H]2O. The van der Waals surface area contributed by atoms with Crippen LogP contribution in [0.15, 0.2) is 24.3 Å². The van der Waals surface area contributed by atoms with E-state index in [1.807, 2.05) is 19.9 Å². The third-order valence-corrected chi connectivity index (χ3v) is 9.50. The number of nitrogens with one attached hydrogen (secondary N) is 1. The summed E-state index contributed by atoms with van der Waals surface area (Å²) >= 11 is 0. The number of ether oxygens (including phenoxy) is 1. The molecule has 0 aromatic heterocycles. The summed E-state index contributed by atoms with van der Waals surface area (Å²) in [6, 6.07) is 2.11. The van der Waals surface area contributed by atoms with Crippen LogP contribution in [0.4, 0.5) is 5.69 Å². The Labute approximate surface area is 189 Å². The smallest absolute Gasteiger partial charge is 0.339 e. The van der Waals surface area contributed by atoms with Crippen molar-refractivity contribution in [2.45, 2.75) is 56.8 Å². The van der Waals surface area contributed by atoms with Gasteiger partial charge in [0, 0.05) is 28.6 Å². The van der Waals surface area contributed by atoms with Crippen molar-refractivity contribution in [1.29, 1.82) is 0 Å². The molecule has 7 atom stereocenters. The number of aliphatic hydroxyl groups is 1. The predicted octanol–water partition coefficient (Wildman–Crippen LogP) is 1.96. The second-order valence-electron chi connectivity index (χ2n) is 10.8. The molecule has 1 amide bonds. The van der Waals surface area contributed by atoms with Crippen LogP contribution in [-0.4, -0.2) is 55.4 Å². The molecule has 9 nitrogen and oxygen atoms in total. The van der Waals surface area contributed by atoms with Crippen molar-refractivity contribution < 1.29 is 39.5 Å². The first-order valence-electron chi connectivity index (χ1n) is 11.1. The highest BCUT2D eigenvalue weighted by molar-refractivity contribution is 6.00. The zero-order valence-electron chi connectivity index (χ0n) is 18.2. The van der Waals surface area contributed by atoms with Crippen LogP contribution in [0, 0.1) is 22.2 Å². The molecule has 5 N–H and O–H groups in total. The largest absolute Gasteiger partial charge is 0.506 e. The fraction of sp³-hybridized carbons (Fsp3) is 0.542. The number of phenolic OH excluding ortho intramolecular Hbond substituents is 1. The maximum absolute atomic E-state index is 13.1. The number of aromatic carboxylic acids is 1. The maximum atomic E-state index is 13.1. The molecule has 0 radical (unpaired) electrons. The van der Waals surface area contributed by atoms with Gasteiger partial charge in [0.2, 0.25) is 5.91 Å². The molecule has 9 heteroatoms. The van der Waals surface area contributed by atoms with Gasteiger partial charge in [-0.25, -0.2) is 4.79 Å². The summed E-state index contributed by atoms with van der Waals surface area (Å²) in [6.07, 6.45) is 4.35. The number of aliphatic hydroxyl groups excluding tert-OH is 1. The monoisotopic (exact) mass is 455 g/mol. The van der Waals surface area contributed by atoms with Crippen molar-refractivity contribution in [1.82, 2.24) is 0 Å². The van der Waals surface area contributed by atoms with Gasteiger partial charge >= 0.3 is 5.97 Å². The fourth-order valence-corrected chi connectivity index (χ4v) is 8.17. The summed E-state index contributed by atoms with van der Waals surface area (Å²) in [5.74, 6) is -3.54. The van der Waals surface area contributed by atoms with Crippen LogP contribution in [0.1, 0.15) is 49.9 Å². The molecular formula is C24H25NO8. The van der Waals surface area contributed by atoms with Gasteiger partial charge in [-0.15, -0.1) is 0 Å². The average Bonchev–Trinajstić information content (AvgIpc) is 3.17. The first-order chi connectivity index (χ1) is 15.4. The number of phenols is 2. The molecule has 6 rings (SSSR count). The first-order valence-corrected chi connectivity index (χ1v) is 11.1. The zero-order chi connectivity index (χ0) is 23.8. The molecule has 3 saturated carbocycles. The number of hydrogen-bond donors (Lipinski definition) is 5. The number of benzene rings is 1. The highest BCUT2D eigenvalue weighted by Crippen LogP contribution is 2.96. The number of hydrogen-bond acceptors (Lipinski definition) is 7. The molecule has 33 heavy (non-hydrogen) atoms. The summed E-state index contributed by atoms with van der Waals surface area (Å²) in [5.41, 5.74) is -3.45. The lowest BCUT2D eigenvalue weighted by Crippen LogP contribution is -2.72. The van der Waals surface area contributed by atoms with Crippen molar-refractivity contribution in [3.63, 3.8) is 0 Å². The predicted molar refractivity (Wildman–Crippen MR) is 113 cm³/mol. The standard InChI is InChI=1S/C24H25NO8/c1-20(7-6-14(28)25-15-12(26)4-3-11(16(15)29)17(30)31)13(27)5-8-22-9-23-10-24(23,18(20)22)33-21(23,2)19(22)32/h3-5,8,18-19,26,29,32H,6-7,9-10H2,1-2H3,(H,25,28)(H,30,31)/t18-,19+,20-,21+,22-,23+,24-/m1/s1. The Hall–Kier alpha value is -2.91. The molecule has 1 aromatic rings. The van der Waals surface area contributed by atoms with E-state index in [1.165, 1.54) is 6.08 Å². The molecule has 0 unspecified atom stereocenters. The van der Waals surface area contributed by atoms with E-state index in [1.54, 1.807) is 0 Å². The molecule has 4 fully saturated rings. The van der Waals surface area contributed by atoms with Crippen molar-refractivity contribution >= 4 is 23.3 Å². The third kappa shape index (κ3) is 1.97. The Morgan fingerprint density at radius 3 is 2.64 bits per heavy atom. The number of rotatable bonds is 5. The van der Waals surface area contributed by atoms with Crippen LogP contribution >= 0.6 is 0 Å². The third-order valence-electron chi connectivity index (χ3n) is 9.50. The number of anilines is 1. The summed E-state index contributed by atoms with van der Waals surface area (Å²) in [4.78, 5) is 37.1. The minimum atomic E-state index is -1.40. The van der Waals surface area contributed by atoms with Gasteiger partial charge in [-0.3, -0.25) is 9.59 Å². The highest BCUT2D eigenvalue weighted by Gasteiger charge is 3.03. The average molecular weight is 455 g/mol. The van der Waals surface area contributed by atoms with Gasteiger partial charge < -0.3 is 30.5 Å². The number of carbonyl (C=O) groups is 3. The Balaban J connectivity index is 1.26. The van der Waals surface area contributed by atoms with E-state index in [0.29, 0.717) is 0 Å². The van der Waals surface area contributed by atoms with E-state index in [0.717, 1.165) is 25.0 Å². The molecule has 1 aromatic carbocycles. The molecule has 5 aliphatic rings. The quantitative estimate of drug-likeness (QED) is 0.422. The lowest BCUT2D eigenvalue weighted by molar-refractivity contribution is -0.329. The Kier molecular flexibility index (Phi) is 3.50. The molecule has 1 saturated heterocycles. The van der Waals surface area contributed by atoms with Crippen molar-refractivity contribution in [3.8, 4) is 11.5 Å². The molecule has 4 aliphatic carbocycles. The van der Waals surface area contributed by atoms with Gasteiger partial charge in [-0.2, -0.15) is 0 Å². The van der Waals surface area contributed by atoms with Crippen LogP contribution in [0.2, 0.25) is 0 Å². The number of carboxylic acids is 1. The van der Waals surface area contributed by atoms with E-state index >= 15 is 0 Å². The number of amides is 1. The number of aromatic hydroxyl groups is 2. The number of carbonyl (C=O) groups excluding carboxylic acids is 2. The normalized spacial score (nSPS) is 45.2. The highest BCUT2D eigenvalue weighted by atomic mass is 16.6. The summed E-state index contributed by atoms with van der Waals surface area (Å²) in [7, 11) is 0. The van der Waals surface area contributed by atoms with Gasteiger partial charge in [0.05, 0.1) is 11.7 Å². The maximum Gasteiger partial charge on any atom is 0.339 e. The Bertz CT molecular complexity index is 1210. The second kappa shape index (κ2) is 5.59. The summed E-state index contributed by atoms with van der Waals surface area (Å²) < 4.78 is 6.30. The lowest BCUT2D eigenvalue weighted by atomic mass is 9.50. The Morgan fingerprint density at radius 2 is 1.94 bits per heavy atom. The van der Waals surface area contributed by atoms with Crippen molar-refractivity contribution in [2.24, 2.45) is 22.2 Å². The van der Waals surface area contributed by atoms with Gasteiger partial charge in [0.15, 0.2) is 11.5 Å².